The molecule has 6 atom stereocenters. The first-order valence-electron chi connectivity index (χ1n) is 13.0. The smallest absolute Gasteiger partial charge is 0.405 e. The molecule has 6 rings (SSSR count). The zero-order valence-corrected chi connectivity index (χ0v) is 20.9. The van der Waals surface area contributed by atoms with Crippen molar-refractivity contribution in [3.05, 3.63) is 71.8 Å². The van der Waals surface area contributed by atoms with E-state index in [-0.39, 0.29) is 36.5 Å². The normalized spacial score (nSPS) is 30.8. The maximum absolute atomic E-state index is 13.0. The van der Waals surface area contributed by atoms with Crippen molar-refractivity contribution in [3.63, 3.8) is 0 Å². The highest BCUT2D eigenvalue weighted by atomic mass is 16.7. The summed E-state index contributed by atoms with van der Waals surface area (Å²) >= 11 is 0. The lowest BCUT2D eigenvalue weighted by Gasteiger charge is -2.64. The monoisotopic (exact) mass is 460 g/mol. The summed E-state index contributed by atoms with van der Waals surface area (Å²) in [6, 6.07) is 20.5. The van der Waals surface area contributed by atoms with Crippen LogP contribution in [-0.4, -0.2) is 30.6 Å². The molecule has 3 aliphatic carbocycles. The topological polar surface area (TPSA) is 63.2 Å². The van der Waals surface area contributed by atoms with Crippen molar-refractivity contribution < 1.29 is 19.8 Å². The molecule has 0 amide bonds. The molecule has 3 unspecified atom stereocenters. The minimum Gasteiger partial charge on any atom is -0.405 e. The SMILES string of the molecule is CC1(C)C2CC3OB([C@@H](CCC(=O)[C@H]([NH3+])Cc4ccccc4)Cc4ccccc4)O[C@]3(C)C1C2. The second-order valence-corrected chi connectivity index (χ2v) is 11.7. The number of carbonyl (C=O) groups is 1. The van der Waals surface area contributed by atoms with Crippen molar-refractivity contribution in [3.8, 4) is 0 Å². The predicted molar refractivity (Wildman–Crippen MR) is 135 cm³/mol. The summed E-state index contributed by atoms with van der Waals surface area (Å²) in [5.74, 6) is 1.66. The van der Waals surface area contributed by atoms with Crippen LogP contribution in [0.5, 0.6) is 0 Å². The molecule has 3 saturated carbocycles. The third kappa shape index (κ3) is 4.39. The van der Waals surface area contributed by atoms with Gasteiger partial charge in [0.05, 0.1) is 11.7 Å². The van der Waals surface area contributed by atoms with Gasteiger partial charge in [0.1, 0.15) is 6.04 Å². The highest BCUT2D eigenvalue weighted by Gasteiger charge is 2.68. The van der Waals surface area contributed by atoms with Gasteiger partial charge in [-0.25, -0.2) is 0 Å². The van der Waals surface area contributed by atoms with Crippen LogP contribution in [-0.2, 0) is 26.9 Å². The number of benzene rings is 2. The number of Topliss-reactive ketones (excluding diaryl/α,β-unsaturated/α-hetero) is 1. The van der Waals surface area contributed by atoms with Gasteiger partial charge in [-0.05, 0) is 66.8 Å². The Hall–Kier alpha value is -1.95. The van der Waals surface area contributed by atoms with E-state index in [0.29, 0.717) is 24.2 Å². The third-order valence-electron chi connectivity index (χ3n) is 9.24. The van der Waals surface area contributed by atoms with Crippen LogP contribution >= 0.6 is 0 Å². The predicted octanol–water partition coefficient (Wildman–Crippen LogP) is 4.53. The Morgan fingerprint density at radius 2 is 1.62 bits per heavy atom. The molecule has 2 aromatic carbocycles. The van der Waals surface area contributed by atoms with Gasteiger partial charge in [-0.3, -0.25) is 4.79 Å². The Kier molecular flexibility index (Phi) is 6.47. The van der Waals surface area contributed by atoms with E-state index in [1.807, 2.05) is 24.3 Å². The fraction of sp³-hybridized carbons (Fsp3) is 0.552. The second-order valence-electron chi connectivity index (χ2n) is 11.7. The van der Waals surface area contributed by atoms with Gasteiger partial charge < -0.3 is 15.0 Å². The minimum atomic E-state index is -0.254. The molecule has 2 aromatic rings. The van der Waals surface area contributed by atoms with Crippen molar-refractivity contribution >= 4 is 12.9 Å². The van der Waals surface area contributed by atoms with E-state index in [0.717, 1.165) is 30.7 Å². The van der Waals surface area contributed by atoms with E-state index in [1.54, 1.807) is 0 Å². The van der Waals surface area contributed by atoms with Crippen molar-refractivity contribution in [1.82, 2.24) is 0 Å². The molecule has 0 radical (unpaired) electrons. The van der Waals surface area contributed by atoms with Gasteiger partial charge in [0.15, 0.2) is 5.78 Å². The molecule has 180 valence electrons. The lowest BCUT2D eigenvalue weighted by Crippen LogP contribution is -2.66. The summed E-state index contributed by atoms with van der Waals surface area (Å²) in [6.07, 6.45) is 5.34. The van der Waals surface area contributed by atoms with Gasteiger partial charge in [0.25, 0.3) is 0 Å². The first-order valence-corrected chi connectivity index (χ1v) is 13.0. The molecule has 0 aromatic heterocycles. The summed E-state index contributed by atoms with van der Waals surface area (Å²) in [4.78, 5) is 13.0. The fourth-order valence-electron chi connectivity index (χ4n) is 6.90. The van der Waals surface area contributed by atoms with Crippen LogP contribution in [0.1, 0.15) is 57.6 Å². The molecular formula is C29H39BNO3+. The average molecular weight is 460 g/mol. The van der Waals surface area contributed by atoms with Gasteiger partial charge in [0.2, 0.25) is 0 Å². The van der Waals surface area contributed by atoms with E-state index in [4.69, 9.17) is 9.31 Å². The van der Waals surface area contributed by atoms with E-state index < -0.39 is 0 Å². The summed E-state index contributed by atoms with van der Waals surface area (Å²) < 4.78 is 13.4. The highest BCUT2D eigenvalue weighted by Crippen LogP contribution is 2.66. The molecule has 34 heavy (non-hydrogen) atoms. The molecule has 4 fully saturated rings. The first kappa shape index (κ1) is 23.8. The zero-order valence-electron chi connectivity index (χ0n) is 20.9. The molecule has 3 N–H and O–H groups in total. The Balaban J connectivity index is 1.27. The number of carbonyl (C=O) groups excluding carboxylic acids is 1. The van der Waals surface area contributed by atoms with Gasteiger partial charge in [-0.1, -0.05) is 74.5 Å². The van der Waals surface area contributed by atoms with Crippen LogP contribution in [0.3, 0.4) is 0 Å². The van der Waals surface area contributed by atoms with E-state index in [1.165, 1.54) is 12.0 Å². The third-order valence-corrected chi connectivity index (χ3v) is 9.24. The highest BCUT2D eigenvalue weighted by molar-refractivity contribution is 6.47. The molecule has 5 heteroatoms. The first-order chi connectivity index (χ1) is 16.3. The number of hydrogen-bond donors (Lipinski definition) is 1. The van der Waals surface area contributed by atoms with Crippen LogP contribution in [0.2, 0.25) is 5.82 Å². The summed E-state index contributed by atoms with van der Waals surface area (Å²) in [5.41, 5.74) is 6.73. The van der Waals surface area contributed by atoms with Crippen LogP contribution < -0.4 is 5.73 Å². The number of rotatable bonds is 9. The van der Waals surface area contributed by atoms with Crippen LogP contribution in [0.4, 0.5) is 0 Å². The summed E-state index contributed by atoms with van der Waals surface area (Å²) in [6.45, 7) is 7.06. The standard InChI is InChI=1S/C29H38BNO3/c1-28(2)22-18-26(28)29(3)27(19-22)33-30(34-29)23(16-20-10-6-4-7-11-20)14-15-25(32)24(31)17-21-12-8-5-9-13-21/h4-13,22-24,26-27H,14-19,31H2,1-3H3/p+1/t22?,23-,24+,26?,27?,29+/m0/s1. The molecular weight excluding hydrogens is 421 g/mol. The number of hydrogen-bond acceptors (Lipinski definition) is 3. The van der Waals surface area contributed by atoms with Crippen molar-refractivity contribution in [2.45, 2.75) is 82.9 Å². The summed E-state index contributed by atoms with van der Waals surface area (Å²) in [5, 5.41) is 0. The molecule has 2 bridgehead atoms. The van der Waals surface area contributed by atoms with Gasteiger partial charge in [0, 0.05) is 12.8 Å². The van der Waals surface area contributed by atoms with Gasteiger partial charge in [-0.15, -0.1) is 0 Å². The quantitative estimate of drug-likeness (QED) is 0.560. The van der Waals surface area contributed by atoms with Gasteiger partial charge >= 0.3 is 7.12 Å². The fourth-order valence-corrected chi connectivity index (χ4v) is 6.90. The van der Waals surface area contributed by atoms with E-state index in [2.05, 4.69) is 62.9 Å². The average Bonchev–Trinajstić information content (AvgIpc) is 3.19. The maximum atomic E-state index is 13.0. The molecule has 0 spiro atoms. The number of quaternary nitrogens is 1. The Bertz CT molecular complexity index is 997. The lowest BCUT2D eigenvalue weighted by molar-refractivity contribution is -0.402. The minimum absolute atomic E-state index is 0.151. The van der Waals surface area contributed by atoms with Crippen molar-refractivity contribution in [2.75, 3.05) is 0 Å². The van der Waals surface area contributed by atoms with Crippen molar-refractivity contribution in [2.24, 2.45) is 17.3 Å². The van der Waals surface area contributed by atoms with Crippen LogP contribution in [0, 0.1) is 17.3 Å². The summed E-state index contributed by atoms with van der Waals surface area (Å²) in [7, 11) is -0.254. The Morgan fingerprint density at radius 1 is 1.00 bits per heavy atom. The Labute approximate surface area is 204 Å². The van der Waals surface area contributed by atoms with Crippen molar-refractivity contribution in [1.29, 1.82) is 0 Å². The molecule has 1 aliphatic heterocycles. The Morgan fingerprint density at radius 3 is 2.24 bits per heavy atom. The molecule has 4 nitrogen and oxygen atoms in total. The van der Waals surface area contributed by atoms with Crippen LogP contribution in [0.25, 0.3) is 0 Å². The van der Waals surface area contributed by atoms with Gasteiger partial charge in [-0.2, -0.15) is 0 Å². The molecule has 1 saturated heterocycles. The second kappa shape index (κ2) is 9.25. The van der Waals surface area contributed by atoms with E-state index >= 15 is 0 Å². The zero-order chi connectivity index (χ0) is 23.9. The lowest BCUT2D eigenvalue weighted by atomic mass is 9.43. The maximum Gasteiger partial charge on any atom is 0.461 e. The number of ketones is 1. The molecule has 4 aliphatic rings. The largest absolute Gasteiger partial charge is 0.461 e. The van der Waals surface area contributed by atoms with Crippen LogP contribution in [0.15, 0.2) is 60.7 Å². The van der Waals surface area contributed by atoms with E-state index in [9.17, 15) is 4.79 Å². The molecule has 1 heterocycles.